The zero-order valence-corrected chi connectivity index (χ0v) is 19.0. The molecule has 4 heterocycles. The average molecular weight is 499 g/mol. The number of carbonyl (C=O) groups is 4. The number of carbonyl (C=O) groups excluding carboxylic acids is 3. The number of thiazole rings is 1. The summed E-state index contributed by atoms with van der Waals surface area (Å²) < 4.78 is 0.606. The molecular formula is C16H14N6O5S4. The van der Waals surface area contributed by atoms with E-state index in [1.165, 1.54) is 51.1 Å². The van der Waals surface area contributed by atoms with Gasteiger partial charge < -0.3 is 15.7 Å². The number of nitrogens with zero attached hydrogens (tertiary/aromatic N) is 4. The molecule has 0 unspecified atom stereocenters. The summed E-state index contributed by atoms with van der Waals surface area (Å²) in [4.78, 5) is 53.2. The predicted molar refractivity (Wildman–Crippen MR) is 116 cm³/mol. The number of nitrogens with one attached hydrogen (secondary N) is 2. The summed E-state index contributed by atoms with van der Waals surface area (Å²) in [7, 11) is 0. The Labute approximate surface area is 191 Å². The molecule has 0 spiro atoms. The monoisotopic (exact) mass is 498 g/mol. The number of aliphatic carboxylic acids is 1. The Morgan fingerprint density at radius 3 is 2.90 bits per heavy atom. The van der Waals surface area contributed by atoms with E-state index in [1.807, 2.05) is 0 Å². The number of thioether (sulfide) groups is 2. The van der Waals surface area contributed by atoms with Crippen molar-refractivity contribution >= 4 is 75.5 Å². The smallest absolute Gasteiger partial charge is 0.353 e. The lowest BCUT2D eigenvalue weighted by Crippen LogP contribution is -2.70. The number of carboxylic acid groups (broad SMARTS) is 1. The Morgan fingerprint density at radius 2 is 2.23 bits per heavy atom. The van der Waals surface area contributed by atoms with Crippen LogP contribution >= 0.6 is 46.2 Å². The lowest BCUT2D eigenvalue weighted by molar-refractivity contribution is -0.150. The number of hydrogen-bond acceptors (Lipinski definition) is 11. The van der Waals surface area contributed by atoms with Crippen LogP contribution in [0, 0.1) is 6.92 Å². The van der Waals surface area contributed by atoms with E-state index in [9.17, 15) is 24.3 Å². The molecule has 0 radical (unpaired) electrons. The second kappa shape index (κ2) is 8.94. The Hall–Kier alpha value is -2.49. The molecule has 2 aromatic heterocycles. The van der Waals surface area contributed by atoms with Crippen molar-refractivity contribution in [2.75, 3.05) is 11.1 Å². The van der Waals surface area contributed by atoms with Gasteiger partial charge >= 0.3 is 5.97 Å². The summed E-state index contributed by atoms with van der Waals surface area (Å²) in [5.74, 6) is -1.72. The summed E-state index contributed by atoms with van der Waals surface area (Å²) >= 11 is 5.10. The molecule has 31 heavy (non-hydrogen) atoms. The van der Waals surface area contributed by atoms with Gasteiger partial charge in [0.05, 0.1) is 12.1 Å². The van der Waals surface area contributed by atoms with E-state index in [1.54, 1.807) is 12.3 Å². The molecule has 0 aliphatic carbocycles. The van der Waals surface area contributed by atoms with Crippen LogP contribution in [0.5, 0.6) is 0 Å². The third kappa shape index (κ3) is 4.44. The lowest BCUT2D eigenvalue weighted by atomic mass is 10.0. The maximum atomic E-state index is 12.7. The van der Waals surface area contributed by atoms with Crippen molar-refractivity contribution in [3.63, 3.8) is 0 Å². The number of aromatic nitrogens is 3. The third-order valence-electron chi connectivity index (χ3n) is 4.25. The van der Waals surface area contributed by atoms with Gasteiger partial charge in [-0.2, -0.15) is 0 Å². The SMILES string of the molecule is Cc1nnc(SC2=C(C(=O)O)N3C(=O)[C@@H](NC(=O)Cc4csc(NC=O)n4)[C@@H]3SC2)s1. The van der Waals surface area contributed by atoms with Crippen LogP contribution < -0.4 is 10.6 Å². The van der Waals surface area contributed by atoms with Crippen LogP contribution in [0.1, 0.15) is 10.7 Å². The fraction of sp³-hybridized carbons (Fsp3) is 0.312. The minimum Gasteiger partial charge on any atom is -0.477 e. The highest BCUT2D eigenvalue weighted by atomic mass is 32.2. The Kier molecular flexibility index (Phi) is 6.27. The molecule has 0 aromatic carbocycles. The quantitative estimate of drug-likeness (QED) is 0.353. The molecule has 2 aliphatic heterocycles. The molecule has 15 heteroatoms. The predicted octanol–water partition coefficient (Wildman–Crippen LogP) is 0.902. The first-order chi connectivity index (χ1) is 14.9. The van der Waals surface area contributed by atoms with Crippen molar-refractivity contribution in [3.8, 4) is 0 Å². The van der Waals surface area contributed by atoms with E-state index < -0.39 is 29.2 Å². The van der Waals surface area contributed by atoms with Crippen LogP contribution in [0.25, 0.3) is 0 Å². The van der Waals surface area contributed by atoms with Gasteiger partial charge in [0.2, 0.25) is 12.3 Å². The minimum atomic E-state index is -1.20. The molecule has 0 bridgehead atoms. The van der Waals surface area contributed by atoms with Gasteiger partial charge in [0.15, 0.2) is 9.47 Å². The van der Waals surface area contributed by atoms with Crippen molar-refractivity contribution in [2.24, 2.45) is 0 Å². The molecule has 11 nitrogen and oxygen atoms in total. The number of rotatable bonds is 8. The van der Waals surface area contributed by atoms with Crippen molar-refractivity contribution < 1.29 is 24.3 Å². The normalized spacial score (nSPS) is 20.2. The molecule has 2 aromatic rings. The second-order valence-electron chi connectivity index (χ2n) is 6.30. The summed E-state index contributed by atoms with van der Waals surface area (Å²) in [5, 5.41) is 25.0. The molecule has 1 saturated heterocycles. The van der Waals surface area contributed by atoms with Gasteiger partial charge in [-0.25, -0.2) is 9.78 Å². The molecule has 1 fully saturated rings. The largest absolute Gasteiger partial charge is 0.477 e. The standard InChI is InChI=1S/C16H14N6O5S4/c1-6-20-21-16(30-6)31-8-4-28-13-10(12(25)22(13)11(8)14(26)27)19-9(24)2-7-3-29-15(18-7)17-5-23/h3,5,10,13H,2,4H2,1H3,(H,19,24)(H,26,27)(H,17,18,23)/t10-,13+/m1/s1. The van der Waals surface area contributed by atoms with Crippen molar-refractivity contribution in [3.05, 3.63) is 26.7 Å². The number of aryl methyl sites for hydroxylation is 1. The number of anilines is 1. The van der Waals surface area contributed by atoms with Gasteiger partial charge in [-0.3, -0.25) is 19.3 Å². The van der Waals surface area contributed by atoms with E-state index in [4.69, 9.17) is 0 Å². The average Bonchev–Trinajstić information content (AvgIpc) is 3.34. The Balaban J connectivity index is 1.43. The fourth-order valence-corrected chi connectivity index (χ4v) is 7.11. The topological polar surface area (TPSA) is 154 Å². The van der Waals surface area contributed by atoms with Crippen LogP contribution in [0.4, 0.5) is 5.13 Å². The number of carboxylic acids is 1. The first kappa shape index (κ1) is 21.7. The van der Waals surface area contributed by atoms with Gasteiger partial charge in [-0.05, 0) is 6.92 Å². The highest BCUT2D eigenvalue weighted by molar-refractivity contribution is 8.07. The van der Waals surface area contributed by atoms with E-state index in [2.05, 4.69) is 25.8 Å². The minimum absolute atomic E-state index is 0.0582. The molecule has 3 amide bonds. The number of hydrogen-bond donors (Lipinski definition) is 3. The zero-order chi connectivity index (χ0) is 22.1. The van der Waals surface area contributed by atoms with Crippen LogP contribution in [-0.4, -0.2) is 66.6 Å². The highest BCUT2D eigenvalue weighted by Crippen LogP contribution is 2.45. The lowest BCUT2D eigenvalue weighted by Gasteiger charge is -2.49. The summed E-state index contributed by atoms with van der Waals surface area (Å²) in [6.07, 6.45) is 0.439. The van der Waals surface area contributed by atoms with Crippen molar-refractivity contribution in [1.82, 2.24) is 25.4 Å². The van der Waals surface area contributed by atoms with E-state index in [0.29, 0.717) is 32.2 Å². The summed E-state index contributed by atoms with van der Waals surface area (Å²) in [6, 6.07) is -0.812. The highest BCUT2D eigenvalue weighted by Gasteiger charge is 2.54. The van der Waals surface area contributed by atoms with Crippen molar-refractivity contribution in [1.29, 1.82) is 0 Å². The number of amides is 3. The van der Waals surface area contributed by atoms with Crippen LogP contribution in [0.3, 0.4) is 0 Å². The number of β-lactam (4-membered cyclic amide) rings is 1. The maximum Gasteiger partial charge on any atom is 0.353 e. The summed E-state index contributed by atoms with van der Waals surface area (Å²) in [5.41, 5.74) is 0.380. The van der Waals surface area contributed by atoms with E-state index >= 15 is 0 Å². The molecule has 162 valence electrons. The molecule has 2 aliphatic rings. The van der Waals surface area contributed by atoms with Crippen LogP contribution in [-0.2, 0) is 25.6 Å². The maximum absolute atomic E-state index is 12.7. The van der Waals surface area contributed by atoms with Gasteiger partial charge in [0.25, 0.3) is 5.91 Å². The first-order valence-electron chi connectivity index (χ1n) is 8.70. The molecule has 4 rings (SSSR count). The van der Waals surface area contributed by atoms with Crippen LogP contribution in [0.15, 0.2) is 20.3 Å². The summed E-state index contributed by atoms with van der Waals surface area (Å²) in [6.45, 7) is 1.80. The number of fused-ring (bicyclic) bond motifs is 1. The van der Waals surface area contributed by atoms with Crippen LogP contribution in [0.2, 0.25) is 0 Å². The fourth-order valence-electron chi connectivity index (χ4n) is 2.99. The zero-order valence-electron chi connectivity index (χ0n) is 15.7. The van der Waals surface area contributed by atoms with Gasteiger partial charge in [-0.15, -0.1) is 33.3 Å². The third-order valence-corrected chi connectivity index (χ3v) is 8.50. The van der Waals surface area contributed by atoms with Gasteiger partial charge in [-0.1, -0.05) is 23.1 Å². The van der Waals surface area contributed by atoms with Gasteiger partial charge in [0.1, 0.15) is 22.1 Å². The molecular weight excluding hydrogens is 484 g/mol. The molecule has 0 saturated carbocycles. The second-order valence-corrected chi connectivity index (χ2v) is 10.8. The first-order valence-corrected chi connectivity index (χ1v) is 12.3. The Bertz CT molecular complexity index is 1100. The Morgan fingerprint density at radius 1 is 1.42 bits per heavy atom. The van der Waals surface area contributed by atoms with E-state index in [-0.39, 0.29) is 12.1 Å². The molecule has 3 N–H and O–H groups in total. The van der Waals surface area contributed by atoms with E-state index in [0.717, 1.165) is 5.01 Å². The van der Waals surface area contributed by atoms with Crippen molar-refractivity contribution in [2.45, 2.75) is 29.1 Å². The molecule has 2 atom stereocenters. The van der Waals surface area contributed by atoms with Gasteiger partial charge in [0, 0.05) is 16.0 Å².